The molecule has 0 aromatic heterocycles. The van der Waals surface area contributed by atoms with E-state index in [4.69, 9.17) is 0 Å². The van der Waals surface area contributed by atoms with Crippen LogP contribution in [0.25, 0.3) is 0 Å². The quantitative estimate of drug-likeness (QED) is 0.313. The zero-order valence-corrected chi connectivity index (χ0v) is 18.2. The van der Waals surface area contributed by atoms with E-state index in [1.165, 1.54) is 0 Å². The summed E-state index contributed by atoms with van der Waals surface area (Å²) in [6.45, 7) is 0. The van der Waals surface area contributed by atoms with E-state index in [2.05, 4.69) is 35.3 Å². The maximum atomic E-state index is 2.66. The minimum atomic E-state index is -0.0826. The van der Waals surface area contributed by atoms with Crippen molar-refractivity contribution in [1.29, 1.82) is 0 Å². The number of hydrogen-bond donors (Lipinski definition) is 0. The van der Waals surface area contributed by atoms with Gasteiger partial charge in [0.25, 0.3) is 0 Å². The second-order valence-corrected chi connectivity index (χ2v) is 49.5. The second kappa shape index (κ2) is 7.33. The third kappa shape index (κ3) is 7.33. The molecule has 0 radical (unpaired) electrons. The van der Waals surface area contributed by atoms with Crippen LogP contribution in [-0.4, -0.2) is 0 Å². The van der Waals surface area contributed by atoms with Crippen LogP contribution in [0.2, 0.25) is 1.44 Å². The molecule has 0 aromatic rings. The van der Waals surface area contributed by atoms with Gasteiger partial charge in [-0.1, -0.05) is 0 Å². The van der Waals surface area contributed by atoms with Crippen molar-refractivity contribution >= 4 is 35.3 Å². The Balaban J connectivity index is 2.19. The van der Waals surface area contributed by atoms with Gasteiger partial charge in [-0.25, -0.2) is 0 Å². The number of rotatable bonds is 2. The molecule has 0 heterocycles. The topological polar surface area (TPSA) is 0 Å². The predicted octanol–water partition coefficient (Wildman–Crippen LogP) is 2.23. The summed E-state index contributed by atoms with van der Waals surface area (Å²) in [7, 11) is 0. The van der Waals surface area contributed by atoms with E-state index in [0.29, 0.717) is 0 Å². The van der Waals surface area contributed by atoms with Crippen molar-refractivity contribution in [3.63, 3.8) is 0 Å². The molecule has 0 atom stereocenters. The van der Waals surface area contributed by atoms with Gasteiger partial charge in [-0.15, -0.1) is 0 Å². The summed E-state index contributed by atoms with van der Waals surface area (Å²) in [6, 6.07) is 0. The summed E-state index contributed by atoms with van der Waals surface area (Å²) in [5, 5.41) is 0. The van der Waals surface area contributed by atoms with Crippen LogP contribution in [-0.2, 0) is 40.5 Å². The van der Waals surface area contributed by atoms with Gasteiger partial charge in [-0.2, -0.15) is 0 Å². The van der Waals surface area contributed by atoms with Gasteiger partial charge in [0, 0.05) is 0 Å². The normalized spacial score (nSPS) is 5.20. The van der Waals surface area contributed by atoms with E-state index >= 15 is 0 Å². The molecule has 0 bridgehead atoms. The van der Waals surface area contributed by atoms with Gasteiger partial charge in [0.1, 0.15) is 0 Å². The summed E-state index contributed by atoms with van der Waals surface area (Å²) < 4.78 is 1.81. The Kier molecular flexibility index (Phi) is 12.2. The van der Waals surface area contributed by atoms with E-state index in [1.807, 2.05) is 0 Å². The van der Waals surface area contributed by atoms with Crippen molar-refractivity contribution < 1.29 is 40.5 Å². The maximum absolute atomic E-state index is 2.66. The zero-order chi connectivity index (χ0) is 4.12. The van der Waals surface area contributed by atoms with Crippen molar-refractivity contribution in [3.05, 3.63) is 0 Å². The van der Waals surface area contributed by atoms with Crippen molar-refractivity contribution in [2.24, 2.45) is 0 Å². The molecule has 0 nitrogen and oxygen atoms in total. The fourth-order valence-electron chi connectivity index (χ4n) is 0.0505. The van der Waals surface area contributed by atoms with Gasteiger partial charge in [0.05, 0.1) is 0 Å². The summed E-state index contributed by atoms with van der Waals surface area (Å²) in [5.41, 5.74) is 0. The molecule has 0 aliphatic rings. The van der Waals surface area contributed by atoms with Gasteiger partial charge in [-0.05, 0) is 0 Å². The molecule has 0 rings (SSSR count). The molecule has 0 spiro atoms. The Morgan fingerprint density at radius 1 is 1.20 bits per heavy atom. The van der Waals surface area contributed by atoms with E-state index in [1.54, 1.807) is 1.44 Å². The fraction of sp³-hybridized carbons (Fsp3) is 1.00. The van der Waals surface area contributed by atoms with Crippen LogP contribution in [0.4, 0.5) is 0 Å². The number of halogens is 2. The molecule has 0 amide bonds. The monoisotopic (exact) mass is 672 g/mol. The first-order valence-electron chi connectivity index (χ1n) is 1.53. The second-order valence-electron chi connectivity index (χ2n) is 0.732. The van der Waals surface area contributed by atoms with E-state index < -0.39 is 0 Å². The van der Waals surface area contributed by atoms with Crippen molar-refractivity contribution in [2.45, 2.75) is 1.44 Å². The molecule has 0 saturated carbocycles. The molecule has 0 unspecified atom stereocenters. The summed E-state index contributed by atoms with van der Waals surface area (Å²) in [6.07, 6.45) is 0. The first-order chi connectivity index (χ1) is 2.41. The van der Waals surface area contributed by atoms with E-state index in [0.717, 1.165) is 0 Å². The van der Waals surface area contributed by atoms with E-state index in [-0.39, 0.29) is 40.5 Å². The van der Waals surface area contributed by atoms with Crippen LogP contribution >= 0.6 is 35.3 Å². The molecule has 24 valence electrons. The van der Waals surface area contributed by atoms with Gasteiger partial charge in [0.2, 0.25) is 0 Å². The van der Waals surface area contributed by atoms with E-state index in [9.17, 15) is 0 Å². The van der Waals surface area contributed by atoms with Gasteiger partial charge >= 0.3 is 77.3 Å². The number of hydrogen-bond acceptors (Lipinski definition) is 0. The third-order valence-electron chi connectivity index (χ3n) is 0.267. The molecule has 0 aliphatic heterocycles. The molecule has 0 N–H and O–H groups in total. The molecule has 0 aromatic carbocycles. The average molecular weight is 669 g/mol. The van der Waals surface area contributed by atoms with Crippen LogP contribution in [0.3, 0.4) is 0 Å². The van der Waals surface area contributed by atoms with Crippen LogP contribution in [0.1, 0.15) is 0 Å². The van der Waals surface area contributed by atoms with Gasteiger partial charge in [0.15, 0.2) is 0 Å². The van der Waals surface area contributed by atoms with Crippen LogP contribution in [0.15, 0.2) is 0 Å². The summed E-state index contributed by atoms with van der Waals surface area (Å²) >= 11 is 5.16. The first-order valence-corrected chi connectivity index (χ1v) is 40.2. The predicted molar refractivity (Wildman–Crippen MR) is 32.8 cm³/mol. The Labute approximate surface area is 74.8 Å². The molecular formula is CH2Hg2I2. The Morgan fingerprint density at radius 2 is 1.60 bits per heavy atom. The van der Waals surface area contributed by atoms with Crippen molar-refractivity contribution in [3.8, 4) is 0 Å². The van der Waals surface area contributed by atoms with Crippen molar-refractivity contribution in [1.82, 2.24) is 0 Å². The van der Waals surface area contributed by atoms with Gasteiger partial charge in [-0.3, -0.25) is 0 Å². The molecule has 0 fully saturated rings. The minimum absolute atomic E-state index is 0.0826. The first kappa shape index (κ1) is 8.33. The summed E-state index contributed by atoms with van der Waals surface area (Å²) in [5.74, 6) is 0. The standard InChI is InChI=1S/CH2.2Hg.2HI/h1H2;;;2*1H/q;2*+1;;/p-2. The fourth-order valence-corrected chi connectivity index (χ4v) is 175. The molecule has 0 saturated heterocycles. The Hall–Kier alpha value is 3.33. The molecule has 0 aliphatic carbocycles. The van der Waals surface area contributed by atoms with Crippen LogP contribution in [0, 0.1) is 0 Å². The van der Waals surface area contributed by atoms with Gasteiger partial charge < -0.3 is 0 Å². The van der Waals surface area contributed by atoms with Crippen molar-refractivity contribution in [2.75, 3.05) is 0 Å². The molecule has 4 heteroatoms. The molecule has 5 heavy (non-hydrogen) atoms. The SMILES string of the molecule is [I][Hg][CH2][Hg][I]. The summed E-state index contributed by atoms with van der Waals surface area (Å²) in [4.78, 5) is 0. The third-order valence-corrected chi connectivity index (χ3v) is 138. The van der Waals surface area contributed by atoms with Crippen LogP contribution in [0.5, 0.6) is 0 Å². The zero-order valence-electron chi connectivity index (χ0n) is 2.88. The molecular weight excluding hydrogens is 667 g/mol. The Morgan fingerprint density at radius 3 is 1.60 bits per heavy atom. The average Bonchev–Trinajstić information content (AvgIpc) is 1.41. The van der Waals surface area contributed by atoms with Crippen LogP contribution < -0.4 is 0 Å². The Bertz CT molecular complexity index is 15.1.